The molecule has 96 valence electrons. The quantitative estimate of drug-likeness (QED) is 0.893. The number of ether oxygens (including phenoxy) is 1. The topological polar surface area (TPSA) is 45.0 Å². The Labute approximate surface area is 107 Å². The van der Waals surface area contributed by atoms with Gasteiger partial charge < -0.3 is 10.1 Å². The van der Waals surface area contributed by atoms with Crippen LogP contribution in [0.4, 0.5) is 4.39 Å². The molecule has 18 heavy (non-hydrogen) atoms. The molecule has 0 aliphatic carbocycles. The summed E-state index contributed by atoms with van der Waals surface area (Å²) in [5, 5.41) is 12.1. The number of nitrogens with zero attached hydrogens (tertiary/aromatic N) is 1. The monoisotopic (exact) mass is 248 g/mol. The van der Waals surface area contributed by atoms with Crippen LogP contribution in [-0.2, 0) is 11.3 Å². The van der Waals surface area contributed by atoms with Crippen molar-refractivity contribution in [3.05, 3.63) is 35.1 Å². The number of nitrogens with one attached hydrogen (secondary N) is 1. The van der Waals surface area contributed by atoms with E-state index in [1.807, 2.05) is 6.07 Å². The van der Waals surface area contributed by atoms with Crippen molar-refractivity contribution in [3.63, 3.8) is 0 Å². The normalized spacial score (nSPS) is 23.6. The van der Waals surface area contributed by atoms with Crippen LogP contribution in [0, 0.1) is 17.1 Å². The lowest BCUT2D eigenvalue weighted by Gasteiger charge is -2.34. The minimum Gasteiger partial charge on any atom is -0.380 e. The summed E-state index contributed by atoms with van der Waals surface area (Å²) in [7, 11) is 0. The lowest BCUT2D eigenvalue weighted by atomic mass is 9.94. The average Bonchev–Trinajstić information content (AvgIpc) is 2.39. The molecule has 1 saturated heterocycles. The predicted octanol–water partition coefficient (Wildman–Crippen LogP) is 2.36. The number of hydrogen-bond acceptors (Lipinski definition) is 3. The van der Waals surface area contributed by atoms with E-state index in [0.29, 0.717) is 24.3 Å². The fraction of sp³-hybridized carbons (Fsp3) is 0.500. The maximum Gasteiger partial charge on any atom is 0.127 e. The Morgan fingerprint density at radius 2 is 2.39 bits per heavy atom. The van der Waals surface area contributed by atoms with E-state index in [2.05, 4.69) is 12.2 Å². The maximum atomic E-state index is 13.6. The molecule has 1 aromatic carbocycles. The highest BCUT2D eigenvalue weighted by atomic mass is 19.1. The molecule has 1 aromatic rings. The molecule has 1 fully saturated rings. The smallest absolute Gasteiger partial charge is 0.127 e. The van der Waals surface area contributed by atoms with Crippen LogP contribution >= 0.6 is 0 Å². The minimum absolute atomic E-state index is 0.104. The van der Waals surface area contributed by atoms with Gasteiger partial charge in [0.1, 0.15) is 5.82 Å². The number of benzene rings is 1. The van der Waals surface area contributed by atoms with Crippen molar-refractivity contribution in [1.29, 1.82) is 5.26 Å². The molecule has 0 radical (unpaired) electrons. The molecule has 0 saturated carbocycles. The lowest BCUT2D eigenvalue weighted by molar-refractivity contribution is 0.0276. The molecule has 2 rings (SSSR count). The highest BCUT2D eigenvalue weighted by Gasteiger charge is 2.26. The van der Waals surface area contributed by atoms with E-state index in [4.69, 9.17) is 10.00 Å². The Morgan fingerprint density at radius 3 is 3.06 bits per heavy atom. The first-order chi connectivity index (χ1) is 8.63. The fourth-order valence-corrected chi connectivity index (χ4v) is 2.16. The second-order valence-electron chi connectivity index (χ2n) is 4.99. The molecule has 1 heterocycles. The molecule has 0 spiro atoms. The number of rotatable bonds is 3. The highest BCUT2D eigenvalue weighted by molar-refractivity contribution is 5.33. The zero-order valence-corrected chi connectivity index (χ0v) is 10.5. The molecule has 1 atom stereocenters. The van der Waals surface area contributed by atoms with Crippen molar-refractivity contribution in [2.75, 3.05) is 13.2 Å². The first-order valence-electron chi connectivity index (χ1n) is 6.14. The standard InChI is InChI=1S/C14H17FN2O/c1-14(5-2-6-18-10-14)17-9-12-7-11(8-16)3-4-13(12)15/h3-4,7,17H,2,5-6,9-10H2,1H3. The Morgan fingerprint density at radius 1 is 1.56 bits per heavy atom. The first-order valence-corrected chi connectivity index (χ1v) is 6.14. The van der Waals surface area contributed by atoms with Gasteiger partial charge in [0, 0.05) is 24.3 Å². The average molecular weight is 248 g/mol. The van der Waals surface area contributed by atoms with Crippen molar-refractivity contribution in [2.24, 2.45) is 0 Å². The summed E-state index contributed by atoms with van der Waals surface area (Å²) in [4.78, 5) is 0. The summed E-state index contributed by atoms with van der Waals surface area (Å²) in [6.07, 6.45) is 2.04. The summed E-state index contributed by atoms with van der Waals surface area (Å²) in [6.45, 7) is 3.95. The Hall–Kier alpha value is -1.44. The Balaban J connectivity index is 2.03. The zero-order valence-electron chi connectivity index (χ0n) is 10.5. The van der Waals surface area contributed by atoms with Gasteiger partial charge in [0.05, 0.1) is 18.2 Å². The molecule has 0 bridgehead atoms. The first kappa shape index (κ1) is 13.0. The minimum atomic E-state index is -0.276. The molecular weight excluding hydrogens is 231 g/mol. The molecule has 1 aliphatic rings. The molecule has 1 N–H and O–H groups in total. The number of hydrogen-bond donors (Lipinski definition) is 1. The van der Waals surface area contributed by atoms with Gasteiger partial charge in [0.15, 0.2) is 0 Å². The van der Waals surface area contributed by atoms with Crippen LogP contribution in [0.25, 0.3) is 0 Å². The molecule has 0 aromatic heterocycles. The van der Waals surface area contributed by atoms with Gasteiger partial charge in [-0.25, -0.2) is 4.39 Å². The van der Waals surface area contributed by atoms with Crippen LogP contribution in [0.3, 0.4) is 0 Å². The van der Waals surface area contributed by atoms with E-state index < -0.39 is 0 Å². The summed E-state index contributed by atoms with van der Waals surface area (Å²) >= 11 is 0. The van der Waals surface area contributed by atoms with Crippen LogP contribution in [-0.4, -0.2) is 18.8 Å². The van der Waals surface area contributed by atoms with E-state index in [1.54, 1.807) is 6.07 Å². The van der Waals surface area contributed by atoms with E-state index in [1.165, 1.54) is 12.1 Å². The van der Waals surface area contributed by atoms with Crippen LogP contribution < -0.4 is 5.32 Å². The Kier molecular flexibility index (Phi) is 3.95. The van der Waals surface area contributed by atoms with E-state index in [9.17, 15) is 4.39 Å². The van der Waals surface area contributed by atoms with Gasteiger partial charge in [0.25, 0.3) is 0 Å². The summed E-state index contributed by atoms with van der Waals surface area (Å²) in [5.74, 6) is -0.276. The molecule has 1 unspecified atom stereocenters. The van der Waals surface area contributed by atoms with Crippen molar-refractivity contribution < 1.29 is 9.13 Å². The molecule has 1 aliphatic heterocycles. The molecule has 4 heteroatoms. The van der Waals surface area contributed by atoms with E-state index >= 15 is 0 Å². The van der Waals surface area contributed by atoms with Crippen molar-refractivity contribution in [1.82, 2.24) is 5.32 Å². The van der Waals surface area contributed by atoms with Crippen LogP contribution in [0.5, 0.6) is 0 Å². The van der Waals surface area contributed by atoms with Crippen molar-refractivity contribution >= 4 is 0 Å². The second kappa shape index (κ2) is 5.47. The van der Waals surface area contributed by atoms with Gasteiger partial charge in [-0.3, -0.25) is 0 Å². The van der Waals surface area contributed by atoms with Gasteiger partial charge in [-0.15, -0.1) is 0 Å². The molecule has 3 nitrogen and oxygen atoms in total. The fourth-order valence-electron chi connectivity index (χ4n) is 2.16. The van der Waals surface area contributed by atoms with Crippen molar-refractivity contribution in [2.45, 2.75) is 31.8 Å². The van der Waals surface area contributed by atoms with Crippen LogP contribution in [0.2, 0.25) is 0 Å². The maximum absolute atomic E-state index is 13.6. The van der Waals surface area contributed by atoms with E-state index in [-0.39, 0.29) is 11.4 Å². The molecular formula is C14H17FN2O. The number of nitriles is 1. The van der Waals surface area contributed by atoms with Gasteiger partial charge in [-0.2, -0.15) is 5.26 Å². The third-order valence-electron chi connectivity index (χ3n) is 3.32. The van der Waals surface area contributed by atoms with Gasteiger partial charge >= 0.3 is 0 Å². The van der Waals surface area contributed by atoms with Crippen LogP contribution in [0.15, 0.2) is 18.2 Å². The number of halogens is 1. The third kappa shape index (κ3) is 3.06. The summed E-state index contributed by atoms with van der Waals surface area (Å²) in [5.41, 5.74) is 0.909. The Bertz CT molecular complexity index is 461. The largest absolute Gasteiger partial charge is 0.380 e. The molecule has 0 amide bonds. The van der Waals surface area contributed by atoms with E-state index in [0.717, 1.165) is 19.4 Å². The highest BCUT2D eigenvalue weighted by Crippen LogP contribution is 2.19. The SMILES string of the molecule is CC1(NCc2cc(C#N)ccc2F)CCCOC1. The third-order valence-corrected chi connectivity index (χ3v) is 3.32. The van der Waals surface area contributed by atoms with Gasteiger partial charge in [0.2, 0.25) is 0 Å². The van der Waals surface area contributed by atoms with Crippen molar-refractivity contribution in [3.8, 4) is 6.07 Å². The van der Waals surface area contributed by atoms with Gasteiger partial charge in [-0.1, -0.05) is 0 Å². The lowest BCUT2D eigenvalue weighted by Crippen LogP contribution is -2.48. The van der Waals surface area contributed by atoms with Crippen LogP contribution in [0.1, 0.15) is 30.9 Å². The second-order valence-corrected chi connectivity index (χ2v) is 4.99. The zero-order chi connectivity index (χ0) is 13.0. The summed E-state index contributed by atoms with van der Waals surface area (Å²) < 4.78 is 19.0. The van der Waals surface area contributed by atoms with Gasteiger partial charge in [-0.05, 0) is 38.0 Å². The summed E-state index contributed by atoms with van der Waals surface area (Å²) in [6, 6.07) is 6.45. The predicted molar refractivity (Wildman–Crippen MR) is 66.4 cm³/mol.